The number of phenols is 1. The summed E-state index contributed by atoms with van der Waals surface area (Å²) in [5.41, 5.74) is 0.370. The number of carbonyl (C=O) groups excluding carboxylic acids is 1. The van der Waals surface area contributed by atoms with Crippen LogP contribution in [0.25, 0.3) is 0 Å². The van der Waals surface area contributed by atoms with E-state index in [0.29, 0.717) is 16.6 Å². The second-order valence-corrected chi connectivity index (χ2v) is 6.19. The summed E-state index contributed by atoms with van der Waals surface area (Å²) in [6, 6.07) is 4.72. The van der Waals surface area contributed by atoms with Gasteiger partial charge in [-0.1, -0.05) is 13.8 Å². The van der Waals surface area contributed by atoms with E-state index in [2.05, 4.69) is 21.2 Å². The van der Waals surface area contributed by atoms with Crippen molar-refractivity contribution in [1.82, 2.24) is 5.32 Å². The number of benzene rings is 1. The Morgan fingerprint density at radius 1 is 1.42 bits per heavy atom. The Balaban J connectivity index is 2.57. The zero-order valence-electron chi connectivity index (χ0n) is 11.2. The highest BCUT2D eigenvalue weighted by Crippen LogP contribution is 2.25. The van der Waals surface area contributed by atoms with E-state index < -0.39 is 0 Å². The van der Waals surface area contributed by atoms with Gasteiger partial charge in [-0.15, -0.1) is 0 Å². The van der Waals surface area contributed by atoms with E-state index in [1.165, 1.54) is 6.07 Å². The Morgan fingerprint density at radius 2 is 2.11 bits per heavy atom. The lowest BCUT2D eigenvalue weighted by atomic mass is 9.88. The van der Waals surface area contributed by atoms with Gasteiger partial charge in [0.05, 0.1) is 4.47 Å². The molecule has 1 amide bonds. The fraction of sp³-hybridized carbons (Fsp3) is 0.500. The molecular formula is C14H20BrNO3. The van der Waals surface area contributed by atoms with Gasteiger partial charge in [-0.3, -0.25) is 4.79 Å². The third kappa shape index (κ3) is 5.20. The predicted octanol–water partition coefficient (Wildman–Crippen LogP) is 2.68. The van der Waals surface area contributed by atoms with Gasteiger partial charge in [0, 0.05) is 18.7 Å². The van der Waals surface area contributed by atoms with E-state index in [0.717, 1.165) is 12.8 Å². The van der Waals surface area contributed by atoms with Gasteiger partial charge in [-0.25, -0.2) is 0 Å². The van der Waals surface area contributed by atoms with Crippen molar-refractivity contribution < 1.29 is 15.0 Å². The van der Waals surface area contributed by atoms with Crippen molar-refractivity contribution in [2.75, 3.05) is 13.2 Å². The fourth-order valence-electron chi connectivity index (χ4n) is 1.72. The Kier molecular flexibility index (Phi) is 5.82. The number of aliphatic hydroxyl groups is 1. The molecular weight excluding hydrogens is 310 g/mol. The second-order valence-electron chi connectivity index (χ2n) is 5.34. The van der Waals surface area contributed by atoms with Crippen LogP contribution in [0.15, 0.2) is 22.7 Å². The number of phenolic OH excluding ortho intramolecular Hbond substituents is 1. The summed E-state index contributed by atoms with van der Waals surface area (Å²) in [5, 5.41) is 21.2. The highest BCUT2D eigenvalue weighted by Gasteiger charge is 2.19. The van der Waals surface area contributed by atoms with E-state index >= 15 is 0 Å². The smallest absolute Gasteiger partial charge is 0.251 e. The monoisotopic (exact) mass is 329 g/mol. The molecule has 4 nitrogen and oxygen atoms in total. The maximum absolute atomic E-state index is 11.9. The first-order chi connectivity index (χ1) is 8.85. The molecule has 0 unspecified atom stereocenters. The van der Waals surface area contributed by atoms with Crippen LogP contribution in [-0.2, 0) is 0 Å². The molecule has 0 fully saturated rings. The highest BCUT2D eigenvalue weighted by atomic mass is 79.9. The summed E-state index contributed by atoms with van der Waals surface area (Å²) in [7, 11) is 0. The standard InChI is InChI=1S/C14H20BrNO3/c1-14(2,6-3-7-17)9-16-13(19)10-4-5-11(15)12(18)8-10/h4-5,8,17-18H,3,6-7,9H2,1-2H3,(H,16,19). The summed E-state index contributed by atoms with van der Waals surface area (Å²) < 4.78 is 0.562. The Bertz CT molecular complexity index is 446. The van der Waals surface area contributed by atoms with Gasteiger partial charge >= 0.3 is 0 Å². The normalized spacial score (nSPS) is 11.4. The number of hydrogen-bond donors (Lipinski definition) is 3. The lowest BCUT2D eigenvalue weighted by Crippen LogP contribution is -2.34. The average molecular weight is 330 g/mol. The first-order valence-corrected chi connectivity index (χ1v) is 7.02. The van der Waals surface area contributed by atoms with Crippen LogP contribution in [0.3, 0.4) is 0 Å². The SMILES string of the molecule is CC(C)(CCCO)CNC(=O)c1ccc(Br)c(O)c1. The molecule has 1 aromatic rings. The molecule has 0 aromatic heterocycles. The van der Waals surface area contributed by atoms with Crippen LogP contribution < -0.4 is 5.32 Å². The summed E-state index contributed by atoms with van der Waals surface area (Å²) in [6.45, 7) is 4.78. The van der Waals surface area contributed by atoms with Crippen LogP contribution in [-0.4, -0.2) is 29.3 Å². The van der Waals surface area contributed by atoms with Crippen LogP contribution in [0, 0.1) is 5.41 Å². The van der Waals surface area contributed by atoms with Crippen LogP contribution in [0.2, 0.25) is 0 Å². The molecule has 0 saturated heterocycles. The quantitative estimate of drug-likeness (QED) is 0.751. The summed E-state index contributed by atoms with van der Waals surface area (Å²) in [5.74, 6) is -0.160. The molecule has 0 bridgehead atoms. The number of nitrogens with one attached hydrogen (secondary N) is 1. The van der Waals surface area contributed by atoms with E-state index in [-0.39, 0.29) is 23.7 Å². The Labute approximate surface area is 122 Å². The van der Waals surface area contributed by atoms with E-state index in [4.69, 9.17) is 5.11 Å². The van der Waals surface area contributed by atoms with Gasteiger partial charge in [0.1, 0.15) is 5.75 Å². The molecule has 0 aliphatic rings. The molecule has 106 valence electrons. The van der Waals surface area contributed by atoms with Crippen LogP contribution in [0.1, 0.15) is 37.0 Å². The van der Waals surface area contributed by atoms with Crippen LogP contribution in [0.4, 0.5) is 0 Å². The molecule has 0 aliphatic heterocycles. The van der Waals surface area contributed by atoms with Crippen molar-refractivity contribution in [3.05, 3.63) is 28.2 Å². The lowest BCUT2D eigenvalue weighted by Gasteiger charge is -2.24. The third-order valence-corrected chi connectivity index (χ3v) is 3.62. The fourth-order valence-corrected chi connectivity index (χ4v) is 1.97. The largest absolute Gasteiger partial charge is 0.507 e. The minimum absolute atomic E-state index is 0.0483. The molecule has 5 heteroatoms. The molecule has 0 radical (unpaired) electrons. The summed E-state index contributed by atoms with van der Waals surface area (Å²) >= 11 is 3.17. The molecule has 3 N–H and O–H groups in total. The van der Waals surface area contributed by atoms with Gasteiger partial charge < -0.3 is 15.5 Å². The van der Waals surface area contributed by atoms with Gasteiger partial charge in [0.25, 0.3) is 5.91 Å². The number of aromatic hydroxyl groups is 1. The molecule has 0 spiro atoms. The zero-order chi connectivity index (χ0) is 14.5. The molecule has 1 rings (SSSR count). The zero-order valence-corrected chi connectivity index (χ0v) is 12.8. The first-order valence-electron chi connectivity index (χ1n) is 6.23. The lowest BCUT2D eigenvalue weighted by molar-refractivity contribution is 0.0932. The van der Waals surface area contributed by atoms with Crippen molar-refractivity contribution in [1.29, 1.82) is 0 Å². The molecule has 0 aliphatic carbocycles. The van der Waals surface area contributed by atoms with E-state index in [9.17, 15) is 9.90 Å². The number of amides is 1. The number of rotatable bonds is 6. The maximum Gasteiger partial charge on any atom is 0.251 e. The number of hydrogen-bond acceptors (Lipinski definition) is 3. The minimum atomic E-state index is -0.208. The number of carbonyl (C=O) groups is 1. The van der Waals surface area contributed by atoms with Crippen molar-refractivity contribution in [2.24, 2.45) is 5.41 Å². The van der Waals surface area contributed by atoms with E-state index in [1.807, 2.05) is 13.8 Å². The van der Waals surface area contributed by atoms with Crippen molar-refractivity contribution in [3.63, 3.8) is 0 Å². The van der Waals surface area contributed by atoms with Gasteiger partial charge in [-0.2, -0.15) is 0 Å². The maximum atomic E-state index is 11.9. The van der Waals surface area contributed by atoms with Crippen molar-refractivity contribution in [3.8, 4) is 5.75 Å². The van der Waals surface area contributed by atoms with E-state index in [1.54, 1.807) is 12.1 Å². The van der Waals surface area contributed by atoms with Gasteiger partial charge in [-0.05, 0) is 52.4 Å². The molecule has 1 aromatic carbocycles. The summed E-state index contributed by atoms with van der Waals surface area (Å²) in [6.07, 6.45) is 1.57. The second kappa shape index (κ2) is 6.91. The molecule has 0 heterocycles. The molecule has 19 heavy (non-hydrogen) atoms. The van der Waals surface area contributed by atoms with Crippen LogP contribution >= 0.6 is 15.9 Å². The summed E-state index contributed by atoms with van der Waals surface area (Å²) in [4.78, 5) is 11.9. The number of aliphatic hydroxyl groups excluding tert-OH is 1. The van der Waals surface area contributed by atoms with Crippen molar-refractivity contribution in [2.45, 2.75) is 26.7 Å². The molecule has 0 atom stereocenters. The Morgan fingerprint density at radius 3 is 2.68 bits per heavy atom. The average Bonchev–Trinajstić information content (AvgIpc) is 2.37. The minimum Gasteiger partial charge on any atom is -0.507 e. The topological polar surface area (TPSA) is 69.6 Å². The third-order valence-electron chi connectivity index (χ3n) is 2.95. The highest BCUT2D eigenvalue weighted by molar-refractivity contribution is 9.10. The van der Waals surface area contributed by atoms with Gasteiger partial charge in [0.15, 0.2) is 0 Å². The first kappa shape index (κ1) is 16.0. The molecule has 0 saturated carbocycles. The number of halogens is 1. The van der Waals surface area contributed by atoms with Gasteiger partial charge in [0.2, 0.25) is 0 Å². The predicted molar refractivity (Wildman–Crippen MR) is 78.2 cm³/mol. The van der Waals surface area contributed by atoms with Crippen molar-refractivity contribution >= 4 is 21.8 Å². The Hall–Kier alpha value is -1.07. The van der Waals surface area contributed by atoms with Crippen LogP contribution in [0.5, 0.6) is 5.75 Å².